The minimum atomic E-state index is -0.435. The second kappa shape index (κ2) is 7.42. The number of rotatable bonds is 3. The van der Waals surface area contributed by atoms with Gasteiger partial charge in [0, 0.05) is 10.8 Å². The molecular formula is C24H26O4. The molecule has 0 N–H and O–H groups in total. The molecule has 0 saturated heterocycles. The van der Waals surface area contributed by atoms with Crippen LogP contribution in [0.4, 0.5) is 0 Å². The van der Waals surface area contributed by atoms with Crippen molar-refractivity contribution in [3.05, 3.63) is 58.4 Å². The van der Waals surface area contributed by atoms with Gasteiger partial charge in [0.1, 0.15) is 11.7 Å². The Hall–Kier alpha value is -2.62. The molecule has 146 valence electrons. The van der Waals surface area contributed by atoms with Crippen LogP contribution in [0, 0.1) is 17.8 Å². The molecule has 1 aliphatic rings. The zero-order chi connectivity index (χ0) is 19.8. The molecule has 0 unspecified atom stereocenters. The molecule has 28 heavy (non-hydrogen) atoms. The Labute approximate surface area is 164 Å². The zero-order valence-electron chi connectivity index (χ0n) is 16.6. The van der Waals surface area contributed by atoms with Crippen molar-refractivity contribution < 1.29 is 13.9 Å². The molecule has 4 rings (SSSR count). The predicted octanol–water partition coefficient (Wildman–Crippen LogP) is 5.56. The minimum absolute atomic E-state index is 0.0853. The summed E-state index contributed by atoms with van der Waals surface area (Å²) in [6, 6.07) is 12.5. The number of esters is 1. The lowest BCUT2D eigenvalue weighted by molar-refractivity contribution is -0.0172. The monoisotopic (exact) mass is 378 g/mol. The molecule has 1 heterocycles. The summed E-state index contributed by atoms with van der Waals surface area (Å²) >= 11 is 0. The van der Waals surface area contributed by atoms with E-state index >= 15 is 0 Å². The van der Waals surface area contributed by atoms with Crippen LogP contribution in [0.15, 0.2) is 51.7 Å². The van der Waals surface area contributed by atoms with E-state index in [9.17, 15) is 9.59 Å². The van der Waals surface area contributed by atoms with E-state index in [1.54, 1.807) is 24.3 Å². The Morgan fingerprint density at radius 3 is 2.61 bits per heavy atom. The van der Waals surface area contributed by atoms with Gasteiger partial charge in [-0.1, -0.05) is 51.5 Å². The number of para-hydroxylation sites is 1. The molecule has 2 aromatic carbocycles. The van der Waals surface area contributed by atoms with E-state index in [0.29, 0.717) is 39.7 Å². The van der Waals surface area contributed by atoms with Crippen molar-refractivity contribution >= 4 is 27.7 Å². The number of carbonyl (C=O) groups excluding carboxylic acids is 1. The van der Waals surface area contributed by atoms with Gasteiger partial charge in [-0.2, -0.15) is 0 Å². The van der Waals surface area contributed by atoms with E-state index in [1.165, 1.54) is 6.42 Å². The maximum absolute atomic E-state index is 13.2. The molecule has 1 aliphatic carbocycles. The molecule has 1 saturated carbocycles. The minimum Gasteiger partial charge on any atom is -0.458 e. The largest absolute Gasteiger partial charge is 0.458 e. The highest BCUT2D eigenvalue weighted by Gasteiger charge is 2.34. The Kier molecular flexibility index (Phi) is 4.96. The number of hydrogen-bond acceptors (Lipinski definition) is 4. The lowest BCUT2D eigenvalue weighted by Crippen LogP contribution is -2.35. The van der Waals surface area contributed by atoms with Crippen LogP contribution in [0.3, 0.4) is 0 Å². The van der Waals surface area contributed by atoms with E-state index in [2.05, 4.69) is 20.8 Å². The summed E-state index contributed by atoms with van der Waals surface area (Å²) in [7, 11) is 0. The van der Waals surface area contributed by atoms with Crippen molar-refractivity contribution in [1.82, 2.24) is 0 Å². The average Bonchev–Trinajstić information content (AvgIpc) is 2.67. The molecule has 1 aromatic heterocycles. The van der Waals surface area contributed by atoms with Crippen LogP contribution >= 0.6 is 0 Å². The van der Waals surface area contributed by atoms with E-state index in [-0.39, 0.29) is 12.1 Å². The van der Waals surface area contributed by atoms with Crippen LogP contribution in [-0.2, 0) is 4.74 Å². The number of fused-ring (bicyclic) bond motifs is 3. The molecule has 0 radical (unpaired) electrons. The van der Waals surface area contributed by atoms with Gasteiger partial charge in [0.25, 0.3) is 0 Å². The maximum Gasteiger partial charge on any atom is 0.344 e. The molecule has 0 amide bonds. The van der Waals surface area contributed by atoms with Gasteiger partial charge in [0.05, 0.1) is 10.9 Å². The van der Waals surface area contributed by atoms with E-state index in [1.807, 2.05) is 18.2 Å². The first-order chi connectivity index (χ1) is 13.5. The second-order valence-electron chi connectivity index (χ2n) is 8.38. The van der Waals surface area contributed by atoms with Crippen molar-refractivity contribution in [3.8, 4) is 0 Å². The fourth-order valence-electron chi connectivity index (χ4n) is 4.55. The number of hydrogen-bond donors (Lipinski definition) is 0. The molecule has 3 aromatic rings. The molecule has 1 fully saturated rings. The summed E-state index contributed by atoms with van der Waals surface area (Å²) in [6.45, 7) is 6.60. The third-order valence-electron chi connectivity index (χ3n) is 6.08. The smallest absolute Gasteiger partial charge is 0.344 e. The van der Waals surface area contributed by atoms with Crippen LogP contribution in [0.5, 0.6) is 0 Å². The van der Waals surface area contributed by atoms with Crippen molar-refractivity contribution in [2.45, 2.75) is 46.1 Å². The third-order valence-corrected chi connectivity index (χ3v) is 6.08. The van der Waals surface area contributed by atoms with Crippen LogP contribution in [0.25, 0.3) is 21.7 Å². The predicted molar refractivity (Wildman–Crippen MR) is 111 cm³/mol. The van der Waals surface area contributed by atoms with Gasteiger partial charge in [0.2, 0.25) is 0 Å². The fourth-order valence-corrected chi connectivity index (χ4v) is 4.55. The third kappa shape index (κ3) is 3.32. The highest BCUT2D eigenvalue weighted by molar-refractivity contribution is 6.14. The molecule has 0 bridgehead atoms. The fraction of sp³-hybridized carbons (Fsp3) is 0.417. The van der Waals surface area contributed by atoms with E-state index in [0.717, 1.165) is 18.2 Å². The SMILES string of the molecule is CC(C)[C@@H]1CC[C@@H](C)C[C@H]1OC(=O)c1cccc2c(=O)oc3ccccc3c12. The van der Waals surface area contributed by atoms with Crippen molar-refractivity contribution in [1.29, 1.82) is 0 Å². The first kappa shape index (κ1) is 18.7. The lowest BCUT2D eigenvalue weighted by Gasteiger charge is -2.36. The zero-order valence-corrected chi connectivity index (χ0v) is 16.6. The number of benzene rings is 2. The topological polar surface area (TPSA) is 56.5 Å². The summed E-state index contributed by atoms with van der Waals surface area (Å²) in [5.41, 5.74) is 0.476. The second-order valence-corrected chi connectivity index (χ2v) is 8.38. The summed E-state index contributed by atoms with van der Waals surface area (Å²) in [5.74, 6) is 1.03. The summed E-state index contributed by atoms with van der Waals surface area (Å²) in [6.07, 6.45) is 3.07. The molecule has 4 nitrogen and oxygen atoms in total. The van der Waals surface area contributed by atoms with Gasteiger partial charge in [0.15, 0.2) is 0 Å². The van der Waals surface area contributed by atoms with Crippen molar-refractivity contribution in [2.75, 3.05) is 0 Å². The maximum atomic E-state index is 13.2. The Bertz CT molecular complexity index is 1080. The van der Waals surface area contributed by atoms with E-state index in [4.69, 9.17) is 9.15 Å². The van der Waals surface area contributed by atoms with E-state index < -0.39 is 5.63 Å². The first-order valence-corrected chi connectivity index (χ1v) is 10.1. The van der Waals surface area contributed by atoms with Gasteiger partial charge >= 0.3 is 11.6 Å². The lowest BCUT2D eigenvalue weighted by atomic mass is 9.75. The van der Waals surface area contributed by atoms with Crippen molar-refractivity contribution in [2.24, 2.45) is 17.8 Å². The summed E-state index contributed by atoms with van der Waals surface area (Å²) in [5, 5.41) is 1.77. The highest BCUT2D eigenvalue weighted by Crippen LogP contribution is 2.36. The first-order valence-electron chi connectivity index (χ1n) is 10.1. The van der Waals surface area contributed by atoms with Gasteiger partial charge in [-0.3, -0.25) is 0 Å². The van der Waals surface area contributed by atoms with Gasteiger partial charge in [-0.05, 0) is 48.8 Å². The summed E-state index contributed by atoms with van der Waals surface area (Å²) < 4.78 is 11.5. The Morgan fingerprint density at radius 2 is 1.82 bits per heavy atom. The molecule has 3 atom stereocenters. The standard InChI is InChI=1S/C24H26O4/c1-14(2)16-12-11-15(3)13-21(16)28-24(26)19-9-6-8-18-22(19)17-7-4-5-10-20(17)27-23(18)25/h4-10,14-16,21H,11-13H2,1-3H3/t15-,16+,21-/m1/s1. The molecule has 4 heteroatoms. The van der Waals surface area contributed by atoms with Crippen molar-refractivity contribution in [3.63, 3.8) is 0 Å². The average molecular weight is 378 g/mol. The van der Waals surface area contributed by atoms with Gasteiger partial charge in [-0.25, -0.2) is 9.59 Å². The Balaban J connectivity index is 1.78. The number of carbonyl (C=O) groups is 1. The molecule has 0 spiro atoms. The van der Waals surface area contributed by atoms with Crippen LogP contribution in [0.2, 0.25) is 0 Å². The molecular weight excluding hydrogens is 352 g/mol. The normalized spacial score (nSPS) is 22.6. The number of ether oxygens (including phenoxy) is 1. The Morgan fingerprint density at radius 1 is 1.07 bits per heavy atom. The molecule has 0 aliphatic heterocycles. The highest BCUT2D eigenvalue weighted by atomic mass is 16.5. The van der Waals surface area contributed by atoms with Crippen LogP contribution < -0.4 is 5.63 Å². The summed E-state index contributed by atoms with van der Waals surface area (Å²) in [4.78, 5) is 25.6. The van der Waals surface area contributed by atoms with Gasteiger partial charge in [-0.15, -0.1) is 0 Å². The van der Waals surface area contributed by atoms with Crippen LogP contribution in [0.1, 0.15) is 50.4 Å². The van der Waals surface area contributed by atoms with Crippen LogP contribution in [-0.4, -0.2) is 12.1 Å². The quantitative estimate of drug-likeness (QED) is 0.340. The van der Waals surface area contributed by atoms with Gasteiger partial charge < -0.3 is 9.15 Å².